The van der Waals surface area contributed by atoms with Gasteiger partial charge in [-0.25, -0.2) is 4.98 Å². The average molecular weight is 317 g/mol. The topological polar surface area (TPSA) is 77.8 Å². The van der Waals surface area contributed by atoms with Gasteiger partial charge in [0.25, 0.3) is 5.89 Å². The van der Waals surface area contributed by atoms with Gasteiger partial charge in [-0.3, -0.25) is 0 Å². The van der Waals surface area contributed by atoms with Crippen molar-refractivity contribution in [1.29, 1.82) is 0 Å². The molecule has 0 atom stereocenters. The lowest BCUT2D eigenvalue weighted by atomic mass is 10.2. The lowest BCUT2D eigenvalue weighted by Crippen LogP contribution is -1.91. The van der Waals surface area contributed by atoms with Gasteiger partial charge >= 0.3 is 0 Å². The highest BCUT2D eigenvalue weighted by Gasteiger charge is 2.11. The molecular weight excluding hydrogens is 308 g/mol. The molecule has 0 amide bonds. The van der Waals surface area contributed by atoms with Gasteiger partial charge in [0.2, 0.25) is 5.82 Å². The maximum atomic E-state index is 5.63. The summed E-state index contributed by atoms with van der Waals surface area (Å²) >= 11 is 3.41. The van der Waals surface area contributed by atoms with E-state index in [0.717, 1.165) is 10.0 Å². The third-order valence-corrected chi connectivity index (χ3v) is 2.99. The van der Waals surface area contributed by atoms with Crippen LogP contribution >= 0.6 is 15.9 Å². The van der Waals surface area contributed by atoms with Crippen LogP contribution < -0.4 is 5.73 Å². The minimum absolute atomic E-state index is 0.349. The molecule has 3 rings (SSSR count). The Morgan fingerprint density at radius 3 is 2.68 bits per heavy atom. The highest BCUT2D eigenvalue weighted by molar-refractivity contribution is 9.10. The van der Waals surface area contributed by atoms with Crippen LogP contribution in [0.15, 0.2) is 51.5 Å². The van der Waals surface area contributed by atoms with Crippen LogP contribution in [0.2, 0.25) is 0 Å². The van der Waals surface area contributed by atoms with Gasteiger partial charge in [-0.15, -0.1) is 0 Å². The predicted molar refractivity (Wildman–Crippen MR) is 75.1 cm³/mol. The van der Waals surface area contributed by atoms with Gasteiger partial charge in [0.1, 0.15) is 11.5 Å². The normalized spacial score (nSPS) is 10.6. The quantitative estimate of drug-likeness (QED) is 0.785. The first-order chi connectivity index (χ1) is 9.22. The van der Waals surface area contributed by atoms with E-state index < -0.39 is 0 Å². The van der Waals surface area contributed by atoms with Gasteiger partial charge in [-0.2, -0.15) is 4.98 Å². The fourth-order valence-electron chi connectivity index (χ4n) is 1.64. The van der Waals surface area contributed by atoms with Crippen LogP contribution in [0, 0.1) is 0 Å². The Balaban J connectivity index is 2.00. The summed E-state index contributed by atoms with van der Waals surface area (Å²) in [5.74, 6) is 1.28. The van der Waals surface area contributed by atoms with E-state index in [4.69, 9.17) is 10.3 Å². The van der Waals surface area contributed by atoms with Crippen LogP contribution in [0.1, 0.15) is 0 Å². The predicted octanol–water partition coefficient (Wildman–Crippen LogP) is 3.14. The Labute approximate surface area is 117 Å². The molecule has 0 unspecified atom stereocenters. The van der Waals surface area contributed by atoms with Gasteiger partial charge in [-0.1, -0.05) is 39.3 Å². The van der Waals surface area contributed by atoms with E-state index in [1.54, 1.807) is 18.2 Å². The average Bonchev–Trinajstić information content (AvgIpc) is 2.88. The first kappa shape index (κ1) is 11.9. The molecule has 3 aromatic rings. The highest BCUT2D eigenvalue weighted by Crippen LogP contribution is 2.23. The number of pyridine rings is 1. The maximum Gasteiger partial charge on any atom is 0.276 e. The van der Waals surface area contributed by atoms with Gasteiger partial charge in [0.05, 0.1) is 0 Å². The SMILES string of the molecule is Nc1cccc(-c2nc(-c3cccc(Br)c3)no2)n1. The lowest BCUT2D eigenvalue weighted by molar-refractivity contribution is 0.431. The number of anilines is 1. The second kappa shape index (κ2) is 4.81. The smallest absolute Gasteiger partial charge is 0.276 e. The zero-order chi connectivity index (χ0) is 13.2. The Hall–Kier alpha value is -2.21. The fraction of sp³-hybridized carbons (Fsp3) is 0. The number of benzene rings is 1. The molecule has 5 nitrogen and oxygen atoms in total. The van der Waals surface area contributed by atoms with Gasteiger partial charge < -0.3 is 10.3 Å². The van der Waals surface area contributed by atoms with Crippen molar-refractivity contribution < 1.29 is 4.52 Å². The van der Waals surface area contributed by atoms with Crippen molar-refractivity contribution in [3.05, 3.63) is 46.9 Å². The van der Waals surface area contributed by atoms with Crippen molar-refractivity contribution in [1.82, 2.24) is 15.1 Å². The first-order valence-electron chi connectivity index (χ1n) is 5.55. The Morgan fingerprint density at radius 2 is 1.89 bits per heavy atom. The Bertz CT molecular complexity index is 666. The number of halogens is 1. The van der Waals surface area contributed by atoms with Gasteiger partial charge in [-0.05, 0) is 24.3 Å². The summed E-state index contributed by atoms with van der Waals surface area (Å²) in [5.41, 5.74) is 7.06. The van der Waals surface area contributed by atoms with E-state index in [0.29, 0.717) is 23.2 Å². The van der Waals surface area contributed by atoms with Crippen LogP contribution in [-0.2, 0) is 0 Å². The second-order valence-electron chi connectivity index (χ2n) is 3.88. The van der Waals surface area contributed by atoms with Crippen LogP contribution in [0.5, 0.6) is 0 Å². The Kier molecular flexibility index (Phi) is 3.00. The molecule has 2 aromatic heterocycles. The molecule has 0 aliphatic heterocycles. The van der Waals surface area contributed by atoms with Crippen LogP contribution in [0.4, 0.5) is 5.82 Å². The minimum Gasteiger partial charge on any atom is -0.384 e. The van der Waals surface area contributed by atoms with Crippen molar-refractivity contribution in [3.8, 4) is 23.0 Å². The van der Waals surface area contributed by atoms with Crippen molar-refractivity contribution >= 4 is 21.7 Å². The van der Waals surface area contributed by atoms with Crippen molar-refractivity contribution in [2.24, 2.45) is 0 Å². The second-order valence-corrected chi connectivity index (χ2v) is 4.80. The van der Waals surface area contributed by atoms with E-state index >= 15 is 0 Å². The molecule has 19 heavy (non-hydrogen) atoms. The molecule has 0 saturated carbocycles. The minimum atomic E-state index is 0.349. The van der Waals surface area contributed by atoms with E-state index in [9.17, 15) is 0 Å². The molecule has 0 aliphatic carbocycles. The van der Waals surface area contributed by atoms with Crippen molar-refractivity contribution in [2.75, 3.05) is 5.73 Å². The van der Waals surface area contributed by atoms with Crippen LogP contribution in [0.25, 0.3) is 23.0 Å². The summed E-state index contributed by atoms with van der Waals surface area (Å²) < 4.78 is 6.16. The summed E-state index contributed by atoms with van der Waals surface area (Å²) in [6.45, 7) is 0. The largest absolute Gasteiger partial charge is 0.384 e. The van der Waals surface area contributed by atoms with Gasteiger partial charge in [0, 0.05) is 10.0 Å². The summed E-state index contributed by atoms with van der Waals surface area (Å²) in [6.07, 6.45) is 0. The lowest BCUT2D eigenvalue weighted by Gasteiger charge is -1.95. The molecule has 0 aliphatic rings. The molecular formula is C13H9BrN4O. The summed E-state index contributed by atoms with van der Waals surface area (Å²) in [6, 6.07) is 12.9. The zero-order valence-corrected chi connectivity index (χ0v) is 11.3. The van der Waals surface area contributed by atoms with E-state index in [2.05, 4.69) is 31.1 Å². The number of nitrogens with two attached hydrogens (primary N) is 1. The number of nitrogen functional groups attached to an aromatic ring is 1. The number of rotatable bonds is 2. The maximum absolute atomic E-state index is 5.63. The van der Waals surface area contributed by atoms with E-state index in [1.807, 2.05) is 24.3 Å². The standard InChI is InChI=1S/C13H9BrN4O/c14-9-4-1-3-8(7-9)12-17-13(19-18-12)10-5-2-6-11(15)16-10/h1-7H,(H2,15,16). The molecule has 0 fully saturated rings. The summed E-state index contributed by atoms with van der Waals surface area (Å²) in [5, 5.41) is 3.95. The van der Waals surface area contributed by atoms with E-state index in [-0.39, 0.29) is 0 Å². The third kappa shape index (κ3) is 2.48. The van der Waals surface area contributed by atoms with E-state index in [1.165, 1.54) is 0 Å². The van der Waals surface area contributed by atoms with Crippen LogP contribution in [0.3, 0.4) is 0 Å². The molecule has 0 bridgehead atoms. The monoisotopic (exact) mass is 316 g/mol. The zero-order valence-electron chi connectivity index (χ0n) is 9.75. The molecule has 6 heteroatoms. The number of hydrogen-bond acceptors (Lipinski definition) is 5. The van der Waals surface area contributed by atoms with Gasteiger partial charge in [0.15, 0.2) is 0 Å². The number of nitrogens with zero attached hydrogens (tertiary/aromatic N) is 3. The number of aromatic nitrogens is 3. The molecule has 0 spiro atoms. The molecule has 2 heterocycles. The summed E-state index contributed by atoms with van der Waals surface area (Å²) in [7, 11) is 0. The van der Waals surface area contributed by atoms with Crippen LogP contribution in [-0.4, -0.2) is 15.1 Å². The summed E-state index contributed by atoms with van der Waals surface area (Å²) in [4.78, 5) is 8.46. The third-order valence-electron chi connectivity index (χ3n) is 2.50. The highest BCUT2D eigenvalue weighted by atomic mass is 79.9. The molecule has 94 valence electrons. The first-order valence-corrected chi connectivity index (χ1v) is 6.34. The molecule has 1 aromatic carbocycles. The molecule has 0 saturated heterocycles. The molecule has 0 radical (unpaired) electrons. The Morgan fingerprint density at radius 1 is 1.05 bits per heavy atom. The van der Waals surface area contributed by atoms with Crippen molar-refractivity contribution in [3.63, 3.8) is 0 Å². The number of hydrogen-bond donors (Lipinski definition) is 1. The molecule has 2 N–H and O–H groups in total. The fourth-order valence-corrected chi connectivity index (χ4v) is 2.04. The van der Waals surface area contributed by atoms with Crippen molar-refractivity contribution in [2.45, 2.75) is 0 Å².